The summed E-state index contributed by atoms with van der Waals surface area (Å²) in [5.74, 6) is 1.69. The molecular weight excluding hydrogens is 475 g/mol. The molecule has 1 heterocycles. The third kappa shape index (κ3) is 5.71. The monoisotopic (exact) mass is 510 g/mol. The second-order valence-corrected chi connectivity index (χ2v) is 8.81. The van der Waals surface area contributed by atoms with E-state index in [0.29, 0.717) is 6.54 Å². The van der Waals surface area contributed by atoms with Crippen LogP contribution in [0.3, 0.4) is 0 Å². The number of aliphatic imine (C=N–C) groups is 1. The lowest BCUT2D eigenvalue weighted by molar-refractivity contribution is 0.243. The Morgan fingerprint density at radius 1 is 1.17 bits per heavy atom. The maximum atomic E-state index is 4.69. The highest BCUT2D eigenvalue weighted by Gasteiger charge is 2.38. The maximum Gasteiger partial charge on any atom is 0.191 e. The fraction of sp³-hybridized carbons (Fsp3) is 0.591. The van der Waals surface area contributed by atoms with Gasteiger partial charge in [-0.15, -0.1) is 24.0 Å². The Labute approximate surface area is 192 Å². The molecule has 1 aromatic carbocycles. The largest absolute Gasteiger partial charge is 0.357 e. The van der Waals surface area contributed by atoms with Gasteiger partial charge < -0.3 is 10.6 Å². The molecule has 0 amide bonds. The Kier molecular flexibility index (Phi) is 8.08. The molecule has 0 atom stereocenters. The summed E-state index contributed by atoms with van der Waals surface area (Å²) in [5.41, 5.74) is 3.21. The average Bonchev–Trinajstić information content (AvgIpc) is 3.03. The van der Waals surface area contributed by atoms with Gasteiger partial charge in [-0.25, -0.2) is 9.98 Å². The predicted octanol–water partition coefficient (Wildman–Crippen LogP) is 3.91. The fourth-order valence-corrected chi connectivity index (χ4v) is 3.70. The van der Waals surface area contributed by atoms with Crippen LogP contribution in [0, 0.1) is 0 Å². The zero-order chi connectivity index (χ0) is 20.2. The van der Waals surface area contributed by atoms with Crippen molar-refractivity contribution in [1.82, 2.24) is 25.4 Å². The number of aromatic nitrogens is 3. The summed E-state index contributed by atoms with van der Waals surface area (Å²) < 4.78 is 1.76. The van der Waals surface area contributed by atoms with Gasteiger partial charge in [0.25, 0.3) is 0 Å². The Hall–Kier alpha value is -1.64. The number of hydrogen-bond acceptors (Lipinski definition) is 3. The van der Waals surface area contributed by atoms with Crippen LogP contribution in [0.25, 0.3) is 0 Å². The summed E-state index contributed by atoms with van der Waals surface area (Å²) in [7, 11) is 1.89. The minimum absolute atomic E-state index is 0. The van der Waals surface area contributed by atoms with E-state index in [2.05, 4.69) is 77.7 Å². The third-order valence-corrected chi connectivity index (χ3v) is 5.80. The number of nitrogens with zero attached hydrogens (tertiary/aromatic N) is 4. The topological polar surface area (TPSA) is 67.1 Å². The standard InChI is InChI=1S/C22H34N6.HI/c1-6-23-20(24-14-19-26-16-27-28(19)5)25-15-22(12-7-13-22)18-10-8-17(9-11-18)21(2,3)4;/h8-11,16H,6-7,12-15H2,1-5H3,(H2,23,24,25);1H. The predicted molar refractivity (Wildman–Crippen MR) is 130 cm³/mol. The smallest absolute Gasteiger partial charge is 0.191 e. The summed E-state index contributed by atoms with van der Waals surface area (Å²) in [6.45, 7) is 11.1. The molecule has 0 bridgehead atoms. The summed E-state index contributed by atoms with van der Waals surface area (Å²) in [5, 5.41) is 11.0. The molecule has 0 aliphatic heterocycles. The first-order chi connectivity index (χ1) is 13.3. The van der Waals surface area contributed by atoms with Gasteiger partial charge in [-0.05, 0) is 36.3 Å². The summed E-state index contributed by atoms with van der Waals surface area (Å²) in [6, 6.07) is 9.24. The number of halogens is 1. The molecule has 29 heavy (non-hydrogen) atoms. The molecule has 1 saturated carbocycles. The first-order valence-corrected chi connectivity index (χ1v) is 10.3. The van der Waals surface area contributed by atoms with Crippen LogP contribution in [0.15, 0.2) is 35.6 Å². The van der Waals surface area contributed by atoms with E-state index in [1.807, 2.05) is 7.05 Å². The molecule has 1 aliphatic rings. The van der Waals surface area contributed by atoms with Crippen LogP contribution >= 0.6 is 24.0 Å². The normalized spacial score (nSPS) is 16.0. The average molecular weight is 510 g/mol. The van der Waals surface area contributed by atoms with Crippen molar-refractivity contribution in [3.05, 3.63) is 47.5 Å². The van der Waals surface area contributed by atoms with Gasteiger partial charge in [0.2, 0.25) is 0 Å². The number of hydrogen-bond donors (Lipinski definition) is 2. The first-order valence-electron chi connectivity index (χ1n) is 10.3. The lowest BCUT2D eigenvalue weighted by atomic mass is 9.64. The Morgan fingerprint density at radius 3 is 2.34 bits per heavy atom. The van der Waals surface area contributed by atoms with Crippen LogP contribution in [0.2, 0.25) is 0 Å². The molecule has 6 nitrogen and oxygen atoms in total. The molecule has 1 aliphatic carbocycles. The van der Waals surface area contributed by atoms with Crippen LogP contribution in [0.5, 0.6) is 0 Å². The number of guanidine groups is 1. The number of rotatable bonds is 6. The SMILES string of the molecule is CCNC(=NCc1ncnn1C)NCC1(c2ccc(C(C)(C)C)cc2)CCC1.I. The molecule has 0 spiro atoms. The van der Waals surface area contributed by atoms with E-state index >= 15 is 0 Å². The van der Waals surface area contributed by atoms with Crippen LogP contribution in [-0.4, -0.2) is 33.8 Å². The highest BCUT2D eigenvalue weighted by molar-refractivity contribution is 14.0. The van der Waals surface area contributed by atoms with Gasteiger partial charge in [0.15, 0.2) is 5.96 Å². The minimum Gasteiger partial charge on any atom is -0.357 e. The van der Waals surface area contributed by atoms with Gasteiger partial charge in [-0.3, -0.25) is 4.68 Å². The zero-order valence-electron chi connectivity index (χ0n) is 18.3. The lowest BCUT2D eigenvalue weighted by Crippen LogP contribution is -2.49. The van der Waals surface area contributed by atoms with Crippen LogP contribution in [0.1, 0.15) is 63.9 Å². The van der Waals surface area contributed by atoms with E-state index in [-0.39, 0.29) is 34.8 Å². The van der Waals surface area contributed by atoms with E-state index in [1.165, 1.54) is 30.4 Å². The van der Waals surface area contributed by atoms with Crippen molar-refractivity contribution in [3.63, 3.8) is 0 Å². The van der Waals surface area contributed by atoms with E-state index in [4.69, 9.17) is 0 Å². The van der Waals surface area contributed by atoms with Crippen molar-refractivity contribution in [2.24, 2.45) is 12.0 Å². The number of benzene rings is 1. The lowest BCUT2D eigenvalue weighted by Gasteiger charge is -2.43. The van der Waals surface area contributed by atoms with E-state index in [1.54, 1.807) is 11.0 Å². The van der Waals surface area contributed by atoms with Gasteiger partial charge >= 0.3 is 0 Å². The Balaban J connectivity index is 0.00000300. The molecule has 2 N–H and O–H groups in total. The minimum atomic E-state index is 0. The van der Waals surface area contributed by atoms with Crippen LogP contribution in [0.4, 0.5) is 0 Å². The highest BCUT2D eigenvalue weighted by atomic mass is 127. The molecule has 0 saturated heterocycles. The molecule has 3 rings (SSSR count). The molecule has 0 unspecified atom stereocenters. The molecule has 160 valence electrons. The van der Waals surface area contributed by atoms with Gasteiger partial charge in [-0.2, -0.15) is 5.10 Å². The number of aryl methyl sites for hydroxylation is 1. The van der Waals surface area contributed by atoms with Crippen molar-refractivity contribution < 1.29 is 0 Å². The molecule has 1 fully saturated rings. The summed E-state index contributed by atoms with van der Waals surface area (Å²) in [6.07, 6.45) is 5.29. The van der Waals surface area contributed by atoms with Crippen LogP contribution < -0.4 is 10.6 Å². The molecule has 7 heteroatoms. The Morgan fingerprint density at radius 2 is 1.86 bits per heavy atom. The Bertz CT molecular complexity index is 799. The van der Waals surface area contributed by atoms with Crippen molar-refractivity contribution in [1.29, 1.82) is 0 Å². The zero-order valence-corrected chi connectivity index (χ0v) is 20.7. The number of nitrogens with one attached hydrogen (secondary N) is 2. The van der Waals surface area contributed by atoms with Gasteiger partial charge in [-0.1, -0.05) is 51.5 Å². The maximum absolute atomic E-state index is 4.69. The fourth-order valence-electron chi connectivity index (χ4n) is 3.70. The van der Waals surface area contributed by atoms with E-state index in [0.717, 1.165) is 24.9 Å². The quantitative estimate of drug-likeness (QED) is 0.352. The van der Waals surface area contributed by atoms with Crippen LogP contribution in [-0.2, 0) is 24.4 Å². The summed E-state index contributed by atoms with van der Waals surface area (Å²) in [4.78, 5) is 8.94. The molecule has 1 aromatic heterocycles. The van der Waals surface area contributed by atoms with E-state index < -0.39 is 0 Å². The second-order valence-electron chi connectivity index (χ2n) is 8.81. The van der Waals surface area contributed by atoms with Crippen molar-refractivity contribution in [3.8, 4) is 0 Å². The third-order valence-electron chi connectivity index (χ3n) is 5.80. The van der Waals surface area contributed by atoms with Crippen molar-refractivity contribution in [2.45, 2.75) is 64.3 Å². The van der Waals surface area contributed by atoms with E-state index in [9.17, 15) is 0 Å². The van der Waals surface area contributed by atoms with Crippen molar-refractivity contribution >= 4 is 29.9 Å². The first kappa shape index (κ1) is 23.6. The van der Waals surface area contributed by atoms with Crippen molar-refractivity contribution in [2.75, 3.05) is 13.1 Å². The second kappa shape index (κ2) is 9.91. The molecule has 0 radical (unpaired) electrons. The van der Waals surface area contributed by atoms with Gasteiger partial charge in [0, 0.05) is 25.6 Å². The van der Waals surface area contributed by atoms with Gasteiger partial charge in [0.1, 0.15) is 18.7 Å². The van der Waals surface area contributed by atoms with Gasteiger partial charge in [0.05, 0.1) is 0 Å². The summed E-state index contributed by atoms with van der Waals surface area (Å²) >= 11 is 0. The molecule has 2 aromatic rings. The molecular formula is C22H35IN6. The highest BCUT2D eigenvalue weighted by Crippen LogP contribution is 2.43.